The second kappa shape index (κ2) is 6.17. The summed E-state index contributed by atoms with van der Waals surface area (Å²) in [7, 11) is 0. The molecule has 0 bridgehead atoms. The molecule has 0 amide bonds. The van der Waals surface area contributed by atoms with Gasteiger partial charge in [0.05, 0.1) is 16.2 Å². The molecule has 3 aromatic rings. The average Bonchev–Trinajstić information content (AvgIpc) is 2.82. The van der Waals surface area contributed by atoms with Crippen LogP contribution in [0, 0.1) is 0 Å². The summed E-state index contributed by atoms with van der Waals surface area (Å²) in [5.74, 6) is 1.34. The van der Waals surface area contributed by atoms with Crippen LogP contribution in [0.2, 0.25) is 10.0 Å². The fourth-order valence-corrected chi connectivity index (χ4v) is 3.26. The Morgan fingerprint density at radius 1 is 1.14 bits per heavy atom. The molecule has 0 saturated heterocycles. The number of fused-ring (bicyclic) bond motifs is 1. The lowest BCUT2D eigenvalue weighted by molar-refractivity contribution is 0.909. The molecule has 0 fully saturated rings. The SMILES string of the molecule is ClCCc1nc2c(Cl)cccc2n1-c1cc(Cl)ccc1Br. The van der Waals surface area contributed by atoms with Gasteiger partial charge in [-0.3, -0.25) is 4.57 Å². The van der Waals surface area contributed by atoms with Gasteiger partial charge in [-0.25, -0.2) is 4.98 Å². The normalized spacial score (nSPS) is 11.2. The molecule has 108 valence electrons. The topological polar surface area (TPSA) is 17.8 Å². The van der Waals surface area contributed by atoms with E-state index in [2.05, 4.69) is 20.9 Å². The summed E-state index contributed by atoms with van der Waals surface area (Å²) in [5.41, 5.74) is 2.63. The van der Waals surface area contributed by atoms with Gasteiger partial charge in [-0.05, 0) is 46.3 Å². The Labute approximate surface area is 145 Å². The quantitative estimate of drug-likeness (QED) is 0.499. The molecule has 3 rings (SSSR count). The second-order valence-electron chi connectivity index (χ2n) is 4.51. The maximum absolute atomic E-state index is 6.25. The summed E-state index contributed by atoms with van der Waals surface area (Å²) in [4.78, 5) is 4.63. The zero-order chi connectivity index (χ0) is 15.0. The van der Waals surface area contributed by atoms with Crippen molar-refractivity contribution in [3.63, 3.8) is 0 Å². The van der Waals surface area contributed by atoms with Crippen molar-refractivity contribution in [1.82, 2.24) is 9.55 Å². The molecule has 0 aliphatic heterocycles. The van der Waals surface area contributed by atoms with Crippen molar-refractivity contribution in [3.05, 3.63) is 56.7 Å². The number of nitrogens with zero attached hydrogens (tertiary/aromatic N) is 2. The number of imidazole rings is 1. The first-order valence-corrected chi connectivity index (χ1v) is 8.37. The number of aromatic nitrogens is 2. The van der Waals surface area contributed by atoms with E-state index in [4.69, 9.17) is 34.8 Å². The third-order valence-electron chi connectivity index (χ3n) is 3.17. The largest absolute Gasteiger partial charge is 0.295 e. The highest BCUT2D eigenvalue weighted by Crippen LogP contribution is 2.32. The van der Waals surface area contributed by atoms with Gasteiger partial charge in [0.1, 0.15) is 11.3 Å². The van der Waals surface area contributed by atoms with Crippen molar-refractivity contribution in [2.24, 2.45) is 0 Å². The lowest BCUT2D eigenvalue weighted by Crippen LogP contribution is -2.03. The number of rotatable bonds is 3. The molecule has 2 nitrogen and oxygen atoms in total. The summed E-state index contributed by atoms with van der Waals surface area (Å²) >= 11 is 21.9. The molecular formula is C15H10BrCl3N2. The Hall–Kier alpha value is -0.740. The number of hydrogen-bond donors (Lipinski definition) is 0. The van der Waals surface area contributed by atoms with E-state index in [1.165, 1.54) is 0 Å². The fraction of sp³-hybridized carbons (Fsp3) is 0.133. The van der Waals surface area contributed by atoms with Crippen LogP contribution in [0.1, 0.15) is 5.82 Å². The van der Waals surface area contributed by atoms with Gasteiger partial charge in [-0.2, -0.15) is 0 Å². The van der Waals surface area contributed by atoms with Gasteiger partial charge in [0, 0.05) is 21.8 Å². The molecule has 0 N–H and O–H groups in total. The van der Waals surface area contributed by atoms with E-state index in [-0.39, 0.29) is 0 Å². The minimum Gasteiger partial charge on any atom is -0.295 e. The zero-order valence-electron chi connectivity index (χ0n) is 10.8. The van der Waals surface area contributed by atoms with Gasteiger partial charge in [-0.15, -0.1) is 11.6 Å². The van der Waals surface area contributed by atoms with Crippen LogP contribution < -0.4 is 0 Å². The second-order valence-corrected chi connectivity index (χ2v) is 6.58. The van der Waals surface area contributed by atoms with Crippen molar-refractivity contribution in [3.8, 4) is 5.69 Å². The Morgan fingerprint density at radius 3 is 2.71 bits per heavy atom. The molecule has 0 aliphatic carbocycles. The van der Waals surface area contributed by atoms with Gasteiger partial charge in [0.2, 0.25) is 0 Å². The van der Waals surface area contributed by atoms with E-state index in [1.54, 1.807) is 0 Å². The molecule has 21 heavy (non-hydrogen) atoms. The van der Waals surface area contributed by atoms with E-state index in [1.807, 2.05) is 41.0 Å². The smallest absolute Gasteiger partial charge is 0.115 e. The maximum Gasteiger partial charge on any atom is 0.115 e. The van der Waals surface area contributed by atoms with Crippen LogP contribution in [0.4, 0.5) is 0 Å². The highest BCUT2D eigenvalue weighted by Gasteiger charge is 2.16. The van der Waals surface area contributed by atoms with Gasteiger partial charge in [0.25, 0.3) is 0 Å². The highest BCUT2D eigenvalue weighted by atomic mass is 79.9. The van der Waals surface area contributed by atoms with Gasteiger partial charge in [0.15, 0.2) is 0 Å². The Balaban J connectivity index is 2.36. The summed E-state index contributed by atoms with van der Waals surface area (Å²) in [6, 6.07) is 11.4. The molecule has 0 aliphatic rings. The minimum absolute atomic E-state index is 0.485. The number of benzene rings is 2. The van der Waals surface area contributed by atoms with Crippen LogP contribution in [0.3, 0.4) is 0 Å². The van der Waals surface area contributed by atoms with Crippen LogP contribution >= 0.6 is 50.7 Å². The number of para-hydroxylation sites is 1. The molecule has 0 radical (unpaired) electrons. The first-order chi connectivity index (χ1) is 10.1. The van der Waals surface area contributed by atoms with Crippen molar-refractivity contribution in [2.45, 2.75) is 6.42 Å². The van der Waals surface area contributed by atoms with Crippen LogP contribution in [0.15, 0.2) is 40.9 Å². The monoisotopic (exact) mass is 402 g/mol. The molecule has 0 spiro atoms. The minimum atomic E-state index is 0.485. The van der Waals surface area contributed by atoms with E-state index in [9.17, 15) is 0 Å². The van der Waals surface area contributed by atoms with Gasteiger partial charge in [-0.1, -0.05) is 29.3 Å². The molecule has 0 saturated carbocycles. The average molecular weight is 405 g/mol. The third kappa shape index (κ3) is 2.80. The molecule has 0 atom stereocenters. The van der Waals surface area contributed by atoms with E-state index in [0.717, 1.165) is 27.0 Å². The molecule has 6 heteroatoms. The van der Waals surface area contributed by atoms with Crippen molar-refractivity contribution in [1.29, 1.82) is 0 Å². The van der Waals surface area contributed by atoms with Gasteiger partial charge < -0.3 is 0 Å². The highest BCUT2D eigenvalue weighted by molar-refractivity contribution is 9.10. The van der Waals surface area contributed by atoms with E-state index < -0.39 is 0 Å². The van der Waals surface area contributed by atoms with Gasteiger partial charge >= 0.3 is 0 Å². The molecule has 1 aromatic heterocycles. The molecular weight excluding hydrogens is 394 g/mol. The molecule has 1 heterocycles. The summed E-state index contributed by atoms with van der Waals surface area (Å²) in [6.45, 7) is 0. The number of hydrogen-bond acceptors (Lipinski definition) is 1. The Kier molecular flexibility index (Phi) is 4.46. The third-order valence-corrected chi connectivity index (χ3v) is 4.57. The first-order valence-electron chi connectivity index (χ1n) is 6.29. The Morgan fingerprint density at radius 2 is 1.95 bits per heavy atom. The fourth-order valence-electron chi connectivity index (χ4n) is 2.29. The lowest BCUT2D eigenvalue weighted by Gasteiger charge is -2.11. The lowest BCUT2D eigenvalue weighted by atomic mass is 10.2. The van der Waals surface area contributed by atoms with Crippen molar-refractivity contribution < 1.29 is 0 Å². The predicted octanol–water partition coefficient (Wildman–Crippen LogP) is 5.88. The molecule has 2 aromatic carbocycles. The summed E-state index contributed by atoms with van der Waals surface area (Å²) < 4.78 is 2.97. The summed E-state index contributed by atoms with van der Waals surface area (Å²) in [5, 5.41) is 1.29. The maximum atomic E-state index is 6.25. The van der Waals surface area contributed by atoms with E-state index in [0.29, 0.717) is 22.3 Å². The van der Waals surface area contributed by atoms with Crippen LogP contribution in [-0.4, -0.2) is 15.4 Å². The number of alkyl halides is 1. The van der Waals surface area contributed by atoms with E-state index >= 15 is 0 Å². The standard InChI is InChI=1S/C15H10BrCl3N2/c16-10-5-4-9(18)8-13(10)21-12-3-1-2-11(19)15(12)20-14(21)6-7-17/h1-5,8H,6-7H2. The Bertz CT molecular complexity index is 814. The predicted molar refractivity (Wildman–Crippen MR) is 93.2 cm³/mol. The van der Waals surface area contributed by atoms with Crippen molar-refractivity contribution in [2.75, 3.05) is 5.88 Å². The van der Waals surface area contributed by atoms with Crippen LogP contribution in [0.25, 0.3) is 16.7 Å². The number of aryl methyl sites for hydroxylation is 1. The van der Waals surface area contributed by atoms with Crippen molar-refractivity contribution >= 4 is 61.8 Å². The van der Waals surface area contributed by atoms with Crippen LogP contribution in [0.5, 0.6) is 0 Å². The first kappa shape index (κ1) is 15.2. The zero-order valence-corrected chi connectivity index (χ0v) is 14.6. The summed E-state index contributed by atoms with van der Waals surface area (Å²) in [6.07, 6.45) is 0.644. The number of halogens is 4. The van der Waals surface area contributed by atoms with Crippen LogP contribution in [-0.2, 0) is 6.42 Å². The molecule has 0 unspecified atom stereocenters.